The van der Waals surface area contributed by atoms with E-state index in [1.54, 1.807) is 18.4 Å². The third kappa shape index (κ3) is 1.51. The number of hydrogen-bond acceptors (Lipinski definition) is 3. The third-order valence-electron chi connectivity index (χ3n) is 2.04. The molecule has 0 bridgehead atoms. The number of hydrogen-bond donors (Lipinski definition) is 1. The first-order valence-electron chi connectivity index (χ1n) is 4.12. The molecule has 1 aromatic carbocycles. The van der Waals surface area contributed by atoms with Crippen LogP contribution in [0.1, 0.15) is 4.88 Å². The van der Waals surface area contributed by atoms with Gasteiger partial charge in [-0.1, -0.05) is 6.07 Å². The highest BCUT2D eigenvalue weighted by Gasteiger charge is 2.13. The van der Waals surface area contributed by atoms with Gasteiger partial charge in [-0.15, -0.1) is 11.3 Å². The van der Waals surface area contributed by atoms with Gasteiger partial charge in [-0.2, -0.15) is 0 Å². The van der Waals surface area contributed by atoms with Crippen molar-refractivity contribution in [3.8, 4) is 5.75 Å². The highest BCUT2D eigenvalue weighted by molar-refractivity contribution is 14.1. The SMILES string of the molecule is COc1c(CO)sc2cccc(I)c12. The molecular weight excluding hydrogens is 311 g/mol. The van der Waals surface area contributed by atoms with Crippen LogP contribution in [0.15, 0.2) is 18.2 Å². The molecule has 0 saturated carbocycles. The molecule has 0 fully saturated rings. The second-order valence-corrected chi connectivity index (χ2v) is 5.13. The molecule has 0 radical (unpaired) electrons. The van der Waals surface area contributed by atoms with E-state index < -0.39 is 0 Å². The van der Waals surface area contributed by atoms with E-state index in [1.807, 2.05) is 18.2 Å². The van der Waals surface area contributed by atoms with Gasteiger partial charge in [0.1, 0.15) is 5.75 Å². The second-order valence-electron chi connectivity index (χ2n) is 2.83. The fourth-order valence-corrected chi connectivity index (χ4v) is 3.43. The summed E-state index contributed by atoms with van der Waals surface area (Å²) in [6, 6.07) is 6.10. The fourth-order valence-electron chi connectivity index (χ4n) is 1.45. The van der Waals surface area contributed by atoms with Crippen molar-refractivity contribution < 1.29 is 9.84 Å². The summed E-state index contributed by atoms with van der Waals surface area (Å²) in [5, 5.41) is 10.3. The van der Waals surface area contributed by atoms with Crippen LogP contribution in [0.2, 0.25) is 0 Å². The lowest BCUT2D eigenvalue weighted by Gasteiger charge is -2.01. The van der Waals surface area contributed by atoms with Crippen molar-refractivity contribution in [3.63, 3.8) is 0 Å². The van der Waals surface area contributed by atoms with Gasteiger partial charge in [0.2, 0.25) is 0 Å². The lowest BCUT2D eigenvalue weighted by molar-refractivity contribution is 0.278. The Morgan fingerprint density at radius 1 is 1.50 bits per heavy atom. The van der Waals surface area contributed by atoms with E-state index in [0.29, 0.717) is 0 Å². The molecule has 74 valence electrons. The summed E-state index contributed by atoms with van der Waals surface area (Å²) in [7, 11) is 1.64. The van der Waals surface area contributed by atoms with Crippen LogP contribution in [-0.4, -0.2) is 12.2 Å². The number of thiophene rings is 1. The van der Waals surface area contributed by atoms with Crippen LogP contribution in [-0.2, 0) is 6.61 Å². The standard InChI is InChI=1S/C10H9IO2S/c1-13-10-8(5-12)14-7-4-2-3-6(11)9(7)10/h2-4,12H,5H2,1H3. The number of rotatable bonds is 2. The molecule has 14 heavy (non-hydrogen) atoms. The average Bonchev–Trinajstić information content (AvgIpc) is 2.56. The van der Waals surface area contributed by atoms with Gasteiger partial charge in [-0.3, -0.25) is 0 Å². The normalized spacial score (nSPS) is 10.8. The molecule has 0 amide bonds. The quantitative estimate of drug-likeness (QED) is 0.862. The molecule has 2 rings (SSSR count). The zero-order chi connectivity index (χ0) is 10.1. The number of halogens is 1. The average molecular weight is 320 g/mol. The molecule has 4 heteroatoms. The zero-order valence-electron chi connectivity index (χ0n) is 7.58. The summed E-state index contributed by atoms with van der Waals surface area (Å²) in [6.07, 6.45) is 0. The Balaban J connectivity index is 2.81. The molecule has 0 spiro atoms. The van der Waals surface area contributed by atoms with Crippen LogP contribution in [0.25, 0.3) is 10.1 Å². The fraction of sp³-hybridized carbons (Fsp3) is 0.200. The van der Waals surface area contributed by atoms with Crippen LogP contribution in [0, 0.1) is 3.57 Å². The summed E-state index contributed by atoms with van der Waals surface area (Å²) in [4.78, 5) is 0.895. The van der Waals surface area contributed by atoms with E-state index in [2.05, 4.69) is 22.6 Å². The van der Waals surface area contributed by atoms with Crippen molar-refractivity contribution in [2.24, 2.45) is 0 Å². The summed E-state index contributed by atoms with van der Waals surface area (Å²) < 4.78 is 7.64. The first-order valence-corrected chi connectivity index (χ1v) is 6.02. The van der Waals surface area contributed by atoms with Crippen molar-refractivity contribution in [2.45, 2.75) is 6.61 Å². The van der Waals surface area contributed by atoms with Gasteiger partial charge in [0.05, 0.1) is 18.6 Å². The highest BCUT2D eigenvalue weighted by Crippen LogP contribution is 2.39. The minimum absolute atomic E-state index is 0.0403. The Hall–Kier alpha value is -0.330. The van der Waals surface area contributed by atoms with Gasteiger partial charge in [-0.25, -0.2) is 0 Å². The molecule has 1 aromatic heterocycles. The minimum atomic E-state index is 0.0403. The number of ether oxygens (including phenoxy) is 1. The van der Waals surface area contributed by atoms with Crippen molar-refractivity contribution in [1.82, 2.24) is 0 Å². The first kappa shape index (κ1) is 10.2. The molecule has 1 heterocycles. The molecule has 2 aromatic rings. The lowest BCUT2D eigenvalue weighted by Crippen LogP contribution is -1.87. The Morgan fingerprint density at radius 3 is 2.93 bits per heavy atom. The van der Waals surface area contributed by atoms with Gasteiger partial charge < -0.3 is 9.84 Å². The topological polar surface area (TPSA) is 29.5 Å². The number of aliphatic hydroxyl groups excluding tert-OH is 1. The zero-order valence-corrected chi connectivity index (χ0v) is 10.6. The first-order chi connectivity index (χ1) is 6.77. The van der Waals surface area contributed by atoms with Crippen LogP contribution in [0.5, 0.6) is 5.75 Å². The monoisotopic (exact) mass is 320 g/mol. The van der Waals surface area contributed by atoms with Gasteiger partial charge >= 0.3 is 0 Å². The molecule has 0 atom stereocenters. The smallest absolute Gasteiger partial charge is 0.144 e. The van der Waals surface area contributed by atoms with E-state index in [4.69, 9.17) is 9.84 Å². The summed E-state index contributed by atoms with van der Waals surface area (Å²) >= 11 is 3.86. The highest BCUT2D eigenvalue weighted by atomic mass is 127. The molecule has 0 aliphatic carbocycles. The Bertz CT molecular complexity index is 464. The summed E-state index contributed by atoms with van der Waals surface area (Å²) in [5.41, 5.74) is 0. The van der Waals surface area contributed by atoms with E-state index in [0.717, 1.165) is 24.3 Å². The number of methoxy groups -OCH3 is 1. The second kappa shape index (κ2) is 4.04. The summed E-state index contributed by atoms with van der Waals surface area (Å²) in [6.45, 7) is 0.0403. The summed E-state index contributed by atoms with van der Waals surface area (Å²) in [5.74, 6) is 0.817. The maximum Gasteiger partial charge on any atom is 0.144 e. The predicted molar refractivity (Wildman–Crippen MR) is 67.0 cm³/mol. The molecule has 0 saturated heterocycles. The van der Waals surface area contributed by atoms with Crippen molar-refractivity contribution >= 4 is 44.0 Å². The van der Waals surface area contributed by atoms with E-state index in [1.165, 1.54) is 0 Å². The number of aliphatic hydroxyl groups is 1. The Labute approximate surface area is 99.7 Å². The van der Waals surface area contributed by atoms with Crippen molar-refractivity contribution in [1.29, 1.82) is 0 Å². The van der Waals surface area contributed by atoms with Crippen molar-refractivity contribution in [3.05, 3.63) is 26.6 Å². The molecule has 1 N–H and O–H groups in total. The molecule has 0 aliphatic rings. The van der Waals surface area contributed by atoms with Crippen LogP contribution < -0.4 is 4.74 Å². The van der Waals surface area contributed by atoms with Crippen LogP contribution in [0.3, 0.4) is 0 Å². The van der Waals surface area contributed by atoms with Crippen LogP contribution >= 0.6 is 33.9 Å². The van der Waals surface area contributed by atoms with Crippen LogP contribution in [0.4, 0.5) is 0 Å². The van der Waals surface area contributed by atoms with E-state index >= 15 is 0 Å². The predicted octanol–water partition coefficient (Wildman–Crippen LogP) is 3.01. The van der Waals surface area contributed by atoms with E-state index in [9.17, 15) is 0 Å². The molecule has 0 unspecified atom stereocenters. The molecular formula is C10H9IO2S. The maximum atomic E-state index is 9.17. The van der Waals surface area contributed by atoms with Crippen molar-refractivity contribution in [2.75, 3.05) is 7.11 Å². The van der Waals surface area contributed by atoms with Gasteiger partial charge in [-0.05, 0) is 34.7 Å². The van der Waals surface area contributed by atoms with E-state index in [-0.39, 0.29) is 6.61 Å². The maximum absolute atomic E-state index is 9.17. The number of fused-ring (bicyclic) bond motifs is 1. The third-order valence-corrected chi connectivity index (χ3v) is 4.06. The molecule has 0 aliphatic heterocycles. The molecule has 2 nitrogen and oxygen atoms in total. The largest absolute Gasteiger partial charge is 0.495 e. The van der Waals surface area contributed by atoms with Gasteiger partial charge in [0.15, 0.2) is 0 Å². The van der Waals surface area contributed by atoms with Gasteiger partial charge in [0.25, 0.3) is 0 Å². The van der Waals surface area contributed by atoms with Gasteiger partial charge in [0, 0.05) is 13.7 Å². The minimum Gasteiger partial charge on any atom is -0.495 e. The Morgan fingerprint density at radius 2 is 2.29 bits per heavy atom. The lowest BCUT2D eigenvalue weighted by atomic mass is 10.2. The number of benzene rings is 1. The Kier molecular flexibility index (Phi) is 2.94.